The summed E-state index contributed by atoms with van der Waals surface area (Å²) >= 11 is 0. The van der Waals surface area contributed by atoms with Gasteiger partial charge in [-0.2, -0.15) is 0 Å². The summed E-state index contributed by atoms with van der Waals surface area (Å²) in [6, 6.07) is 8.06. The van der Waals surface area contributed by atoms with Crippen molar-refractivity contribution in [1.82, 2.24) is 0 Å². The average molecular weight is 358 g/mol. The van der Waals surface area contributed by atoms with E-state index in [0.717, 1.165) is 36.4 Å². The van der Waals surface area contributed by atoms with Gasteiger partial charge in [0.05, 0.1) is 18.8 Å². The van der Waals surface area contributed by atoms with Gasteiger partial charge in [0.15, 0.2) is 0 Å². The molecule has 1 atom stereocenters. The van der Waals surface area contributed by atoms with E-state index >= 15 is 0 Å². The minimum Gasteiger partial charge on any atom is -0.494 e. The van der Waals surface area contributed by atoms with Gasteiger partial charge in [-0.25, -0.2) is 0 Å². The molecule has 26 heavy (non-hydrogen) atoms. The Morgan fingerprint density at radius 2 is 2.15 bits per heavy atom. The molecule has 2 rings (SSSR count). The zero-order valence-corrected chi connectivity index (χ0v) is 16.1. The first kappa shape index (κ1) is 20.0. The third-order valence-electron chi connectivity index (χ3n) is 4.03. The topological polar surface area (TPSA) is 51.1 Å². The number of esters is 1. The number of rotatable bonds is 10. The smallest absolute Gasteiger partial charge is 0.306 e. The van der Waals surface area contributed by atoms with E-state index in [1.165, 1.54) is 0 Å². The molecule has 0 fully saturated rings. The number of benzene rings is 1. The predicted octanol–water partition coefficient (Wildman–Crippen LogP) is 4.72. The van der Waals surface area contributed by atoms with Crippen molar-refractivity contribution in [3.05, 3.63) is 36.2 Å². The van der Waals surface area contributed by atoms with Gasteiger partial charge in [0, 0.05) is 37.0 Å². The Hall–Kier alpha value is -2.30. The minimum atomic E-state index is -0.179. The van der Waals surface area contributed by atoms with Crippen molar-refractivity contribution in [2.24, 2.45) is 4.99 Å². The van der Waals surface area contributed by atoms with Crippen molar-refractivity contribution in [2.75, 3.05) is 18.1 Å². The first-order valence-corrected chi connectivity index (χ1v) is 9.54. The SMILES string of the molecule is CCCCC(=O)OC(C)CC1=CN(c2cccc(OCCC)c2)CC=N1. The lowest BCUT2D eigenvalue weighted by Crippen LogP contribution is -2.23. The quantitative estimate of drug-likeness (QED) is 0.568. The molecule has 5 nitrogen and oxygen atoms in total. The van der Waals surface area contributed by atoms with E-state index in [1.54, 1.807) is 0 Å². The molecule has 142 valence electrons. The lowest BCUT2D eigenvalue weighted by Gasteiger charge is -2.24. The van der Waals surface area contributed by atoms with Crippen LogP contribution in [0.3, 0.4) is 0 Å². The van der Waals surface area contributed by atoms with Gasteiger partial charge in [-0.15, -0.1) is 0 Å². The summed E-state index contributed by atoms with van der Waals surface area (Å²) < 4.78 is 11.2. The van der Waals surface area contributed by atoms with Crippen LogP contribution in [-0.4, -0.2) is 31.4 Å². The molecule has 5 heteroatoms. The van der Waals surface area contributed by atoms with Crippen LogP contribution >= 0.6 is 0 Å². The van der Waals surface area contributed by atoms with E-state index in [-0.39, 0.29) is 12.1 Å². The Morgan fingerprint density at radius 3 is 2.92 bits per heavy atom. The van der Waals surface area contributed by atoms with Gasteiger partial charge in [0.1, 0.15) is 11.9 Å². The van der Waals surface area contributed by atoms with Crippen LogP contribution in [0.2, 0.25) is 0 Å². The summed E-state index contributed by atoms with van der Waals surface area (Å²) in [5.41, 5.74) is 1.97. The summed E-state index contributed by atoms with van der Waals surface area (Å²) in [6.07, 6.45) is 7.68. The summed E-state index contributed by atoms with van der Waals surface area (Å²) in [5, 5.41) is 0. The maximum Gasteiger partial charge on any atom is 0.306 e. The van der Waals surface area contributed by atoms with Gasteiger partial charge >= 0.3 is 5.97 Å². The zero-order chi connectivity index (χ0) is 18.8. The van der Waals surface area contributed by atoms with E-state index in [2.05, 4.69) is 29.8 Å². The normalized spacial score (nSPS) is 14.7. The maximum atomic E-state index is 11.8. The van der Waals surface area contributed by atoms with Crippen molar-refractivity contribution in [1.29, 1.82) is 0 Å². The number of ether oxygens (including phenoxy) is 2. The fourth-order valence-corrected chi connectivity index (χ4v) is 2.71. The molecule has 0 aromatic heterocycles. The first-order valence-electron chi connectivity index (χ1n) is 9.54. The number of unbranched alkanes of at least 4 members (excludes halogenated alkanes) is 1. The largest absolute Gasteiger partial charge is 0.494 e. The highest BCUT2D eigenvalue weighted by molar-refractivity contribution is 5.71. The van der Waals surface area contributed by atoms with Crippen molar-refractivity contribution in [3.63, 3.8) is 0 Å². The molecule has 1 aromatic rings. The fraction of sp³-hybridized carbons (Fsp3) is 0.524. The molecule has 0 aliphatic carbocycles. The Balaban J connectivity index is 1.95. The summed E-state index contributed by atoms with van der Waals surface area (Å²) in [5.74, 6) is 0.748. The number of carbonyl (C=O) groups excluding carboxylic acids is 1. The molecular weight excluding hydrogens is 328 g/mol. The number of hydrogen-bond donors (Lipinski definition) is 0. The standard InChI is InChI=1S/C21H30N2O3/c1-4-6-10-21(24)26-17(3)14-18-16-23(12-11-22-18)19-8-7-9-20(15-19)25-13-5-2/h7-9,11,15-17H,4-6,10,12-14H2,1-3H3. The zero-order valence-electron chi connectivity index (χ0n) is 16.1. The number of hydrogen-bond acceptors (Lipinski definition) is 5. The van der Waals surface area contributed by atoms with Crippen molar-refractivity contribution in [3.8, 4) is 5.75 Å². The Morgan fingerprint density at radius 1 is 1.31 bits per heavy atom. The highest BCUT2D eigenvalue weighted by Crippen LogP contribution is 2.24. The van der Waals surface area contributed by atoms with E-state index in [1.807, 2.05) is 37.5 Å². The van der Waals surface area contributed by atoms with Crippen LogP contribution in [0.25, 0.3) is 0 Å². The third kappa shape index (κ3) is 6.54. The Kier molecular flexibility index (Phi) is 8.19. The molecule has 1 aliphatic rings. The molecule has 0 amide bonds. The monoisotopic (exact) mass is 358 g/mol. The predicted molar refractivity (Wildman–Crippen MR) is 106 cm³/mol. The minimum absolute atomic E-state index is 0.127. The Labute approximate surface area is 156 Å². The van der Waals surface area contributed by atoms with Crippen LogP contribution in [0.4, 0.5) is 5.69 Å². The molecule has 0 saturated heterocycles. The number of anilines is 1. The fourth-order valence-electron chi connectivity index (χ4n) is 2.71. The van der Waals surface area contributed by atoms with Crippen LogP contribution in [0.15, 0.2) is 41.2 Å². The highest BCUT2D eigenvalue weighted by atomic mass is 16.5. The molecule has 1 aliphatic heterocycles. The van der Waals surface area contributed by atoms with Crippen LogP contribution in [0.5, 0.6) is 5.75 Å². The summed E-state index contributed by atoms with van der Waals surface area (Å²) in [6.45, 7) is 7.50. The van der Waals surface area contributed by atoms with Crippen LogP contribution in [0.1, 0.15) is 52.9 Å². The maximum absolute atomic E-state index is 11.8. The van der Waals surface area contributed by atoms with Crippen molar-refractivity contribution < 1.29 is 14.3 Å². The first-order chi connectivity index (χ1) is 12.6. The van der Waals surface area contributed by atoms with E-state index in [0.29, 0.717) is 26.0 Å². The second kappa shape index (κ2) is 10.6. The molecular formula is C21H30N2O3. The number of nitrogens with zero attached hydrogens (tertiary/aromatic N) is 2. The van der Waals surface area contributed by atoms with Crippen molar-refractivity contribution >= 4 is 17.9 Å². The van der Waals surface area contributed by atoms with Gasteiger partial charge in [-0.1, -0.05) is 26.3 Å². The van der Waals surface area contributed by atoms with E-state index in [4.69, 9.17) is 9.47 Å². The molecule has 0 bridgehead atoms. The van der Waals surface area contributed by atoms with Gasteiger partial charge in [-0.3, -0.25) is 9.79 Å². The van der Waals surface area contributed by atoms with Gasteiger partial charge in [-0.05, 0) is 31.9 Å². The second-order valence-corrected chi connectivity index (χ2v) is 6.54. The average Bonchev–Trinajstić information content (AvgIpc) is 2.65. The van der Waals surface area contributed by atoms with Gasteiger partial charge in [0.25, 0.3) is 0 Å². The highest BCUT2D eigenvalue weighted by Gasteiger charge is 2.15. The van der Waals surface area contributed by atoms with Crippen molar-refractivity contribution in [2.45, 2.75) is 59.0 Å². The van der Waals surface area contributed by atoms with Crippen LogP contribution in [0, 0.1) is 0 Å². The van der Waals surface area contributed by atoms with Gasteiger partial charge < -0.3 is 14.4 Å². The van der Waals surface area contributed by atoms with E-state index in [9.17, 15) is 4.79 Å². The lowest BCUT2D eigenvalue weighted by molar-refractivity contribution is -0.148. The summed E-state index contributed by atoms with van der Waals surface area (Å²) in [4.78, 5) is 18.3. The van der Waals surface area contributed by atoms with Crippen LogP contribution in [-0.2, 0) is 9.53 Å². The molecule has 1 aromatic carbocycles. The molecule has 0 saturated carbocycles. The number of carbonyl (C=O) groups is 1. The molecule has 1 unspecified atom stereocenters. The lowest BCUT2D eigenvalue weighted by atomic mass is 10.2. The molecule has 0 N–H and O–H groups in total. The molecule has 0 radical (unpaired) electrons. The Bertz CT molecular complexity index is 640. The number of aliphatic imine (C=N–C) groups is 1. The summed E-state index contributed by atoms with van der Waals surface area (Å²) in [7, 11) is 0. The van der Waals surface area contributed by atoms with Crippen LogP contribution < -0.4 is 9.64 Å². The third-order valence-corrected chi connectivity index (χ3v) is 4.03. The molecule has 0 spiro atoms. The second-order valence-electron chi connectivity index (χ2n) is 6.54. The van der Waals surface area contributed by atoms with Gasteiger partial charge in [0.2, 0.25) is 0 Å². The molecule has 1 heterocycles. The van der Waals surface area contributed by atoms with E-state index < -0.39 is 0 Å².